The number of carboxylic acid groups (broad SMARTS) is 1. The number of rotatable bonds is 6. The third-order valence-corrected chi connectivity index (χ3v) is 4.33. The summed E-state index contributed by atoms with van der Waals surface area (Å²) in [6.07, 6.45) is 6.38. The smallest absolute Gasteiger partial charge is 0.339 e. The largest absolute Gasteiger partial charge is 0.478 e. The Morgan fingerprint density at radius 1 is 1.55 bits per heavy atom. The lowest BCUT2D eigenvalue weighted by Crippen LogP contribution is -2.39. The summed E-state index contributed by atoms with van der Waals surface area (Å²) in [7, 11) is 1.82. The van der Waals surface area contributed by atoms with Crippen LogP contribution < -0.4 is 5.32 Å². The number of carbonyl (C=O) groups is 1. The highest BCUT2D eigenvalue weighted by Gasteiger charge is 2.32. The van der Waals surface area contributed by atoms with Gasteiger partial charge in [-0.2, -0.15) is 5.10 Å². The van der Waals surface area contributed by atoms with E-state index in [0.717, 1.165) is 18.8 Å². The van der Waals surface area contributed by atoms with Crippen LogP contribution in [0.2, 0.25) is 0 Å². The third kappa shape index (κ3) is 2.86. The normalized spacial score (nSPS) is 22.6. The molecule has 1 unspecified atom stereocenters. The Labute approximate surface area is 118 Å². The van der Waals surface area contributed by atoms with Crippen molar-refractivity contribution in [1.29, 1.82) is 0 Å². The Hall–Kier alpha value is -1.40. The highest BCUT2D eigenvalue weighted by Crippen LogP contribution is 2.29. The van der Waals surface area contributed by atoms with Gasteiger partial charge >= 0.3 is 5.97 Å². The van der Waals surface area contributed by atoms with Crippen molar-refractivity contribution < 1.29 is 9.90 Å². The van der Waals surface area contributed by atoms with E-state index in [1.807, 2.05) is 7.05 Å². The minimum absolute atomic E-state index is 0.331. The highest BCUT2D eigenvalue weighted by molar-refractivity contribution is 5.88. The molecular weight excluding hydrogens is 256 g/mol. The molecule has 1 aromatic rings. The summed E-state index contributed by atoms with van der Waals surface area (Å²) in [6, 6.07) is 1.17. The van der Waals surface area contributed by atoms with Gasteiger partial charge in [-0.1, -0.05) is 0 Å². The monoisotopic (exact) mass is 278 g/mol. The van der Waals surface area contributed by atoms with Crippen LogP contribution in [0.3, 0.4) is 0 Å². The molecule has 3 rings (SSSR count). The molecule has 2 aliphatic rings. The van der Waals surface area contributed by atoms with E-state index in [1.165, 1.54) is 31.9 Å². The maximum Gasteiger partial charge on any atom is 0.339 e. The van der Waals surface area contributed by atoms with E-state index < -0.39 is 5.97 Å². The van der Waals surface area contributed by atoms with Gasteiger partial charge < -0.3 is 10.4 Å². The number of nitrogens with zero attached hydrogens (tertiary/aromatic N) is 3. The van der Waals surface area contributed by atoms with Gasteiger partial charge in [0.25, 0.3) is 0 Å². The summed E-state index contributed by atoms with van der Waals surface area (Å²) < 4.78 is 1.70. The van der Waals surface area contributed by atoms with E-state index in [1.54, 1.807) is 4.68 Å². The maximum atomic E-state index is 11.3. The van der Waals surface area contributed by atoms with Gasteiger partial charge in [-0.3, -0.25) is 9.58 Å². The zero-order valence-electron chi connectivity index (χ0n) is 11.9. The fraction of sp³-hybridized carbons (Fsp3) is 0.714. The van der Waals surface area contributed by atoms with Gasteiger partial charge in [0.15, 0.2) is 0 Å². The molecule has 1 saturated carbocycles. The lowest BCUT2D eigenvalue weighted by Gasteiger charge is -2.25. The number of hydrogen-bond acceptors (Lipinski definition) is 4. The highest BCUT2D eigenvalue weighted by atomic mass is 16.4. The third-order valence-electron chi connectivity index (χ3n) is 4.33. The van der Waals surface area contributed by atoms with Gasteiger partial charge in [-0.25, -0.2) is 4.79 Å². The summed E-state index contributed by atoms with van der Waals surface area (Å²) in [6.45, 7) is 2.80. The Balaban J connectivity index is 1.72. The Morgan fingerprint density at radius 3 is 2.95 bits per heavy atom. The Bertz CT molecular complexity index is 489. The second-order valence-electron chi connectivity index (χ2n) is 5.89. The van der Waals surface area contributed by atoms with Crippen LogP contribution in [-0.4, -0.2) is 50.9 Å². The van der Waals surface area contributed by atoms with Gasteiger partial charge in [-0.05, 0) is 32.2 Å². The molecule has 0 amide bonds. The molecule has 20 heavy (non-hydrogen) atoms. The number of aromatic nitrogens is 2. The molecular formula is C14H22N4O2. The zero-order chi connectivity index (χ0) is 14.1. The van der Waals surface area contributed by atoms with Crippen molar-refractivity contribution in [3.63, 3.8) is 0 Å². The van der Waals surface area contributed by atoms with Crippen LogP contribution >= 0.6 is 0 Å². The molecule has 2 N–H and O–H groups in total. The van der Waals surface area contributed by atoms with E-state index >= 15 is 0 Å². The van der Waals surface area contributed by atoms with Crippen molar-refractivity contribution in [1.82, 2.24) is 20.0 Å². The minimum atomic E-state index is -0.886. The second-order valence-corrected chi connectivity index (χ2v) is 5.89. The Kier molecular flexibility index (Phi) is 3.76. The van der Waals surface area contributed by atoms with Gasteiger partial charge in [0.2, 0.25) is 0 Å². The lowest BCUT2D eigenvalue weighted by atomic mass is 10.2. The first kappa shape index (κ1) is 13.6. The quantitative estimate of drug-likeness (QED) is 0.807. The molecule has 0 spiro atoms. The van der Waals surface area contributed by atoms with Crippen molar-refractivity contribution in [2.45, 2.75) is 44.3 Å². The van der Waals surface area contributed by atoms with E-state index in [-0.39, 0.29) is 0 Å². The van der Waals surface area contributed by atoms with Crippen LogP contribution in [0.25, 0.3) is 0 Å². The van der Waals surface area contributed by atoms with Crippen molar-refractivity contribution in [3.05, 3.63) is 17.5 Å². The van der Waals surface area contributed by atoms with Crippen LogP contribution in [0.5, 0.6) is 0 Å². The molecule has 110 valence electrons. The SMILES string of the molecule is Cn1ncc(C(=O)O)c1CN(CC1CCCN1)C1CC1. The van der Waals surface area contributed by atoms with E-state index in [0.29, 0.717) is 24.2 Å². The fourth-order valence-electron chi connectivity index (χ4n) is 3.00. The first-order valence-corrected chi connectivity index (χ1v) is 7.36. The van der Waals surface area contributed by atoms with Crippen LogP contribution in [0.15, 0.2) is 6.20 Å². The lowest BCUT2D eigenvalue weighted by molar-refractivity contribution is 0.0694. The van der Waals surface area contributed by atoms with Crippen LogP contribution in [0.4, 0.5) is 0 Å². The topological polar surface area (TPSA) is 70.4 Å². The first-order valence-electron chi connectivity index (χ1n) is 7.36. The summed E-state index contributed by atoms with van der Waals surface area (Å²) in [5.74, 6) is -0.886. The molecule has 2 fully saturated rings. The van der Waals surface area contributed by atoms with E-state index in [4.69, 9.17) is 0 Å². The second kappa shape index (κ2) is 5.54. The number of aryl methyl sites for hydroxylation is 1. The number of aromatic carboxylic acids is 1. The van der Waals surface area contributed by atoms with Crippen LogP contribution in [0, 0.1) is 0 Å². The van der Waals surface area contributed by atoms with Gasteiger partial charge in [-0.15, -0.1) is 0 Å². The van der Waals surface area contributed by atoms with Gasteiger partial charge in [0, 0.05) is 32.2 Å². The number of hydrogen-bond donors (Lipinski definition) is 2. The van der Waals surface area contributed by atoms with Gasteiger partial charge in [0.05, 0.1) is 11.9 Å². The summed E-state index contributed by atoms with van der Waals surface area (Å²) in [5, 5.41) is 16.9. The maximum absolute atomic E-state index is 11.3. The molecule has 1 saturated heterocycles. The summed E-state index contributed by atoms with van der Waals surface area (Å²) in [4.78, 5) is 13.7. The summed E-state index contributed by atoms with van der Waals surface area (Å²) >= 11 is 0. The number of nitrogens with one attached hydrogen (secondary N) is 1. The standard InChI is InChI=1S/C14H22N4O2/c1-17-13(12(7-16-17)14(19)20)9-18(11-4-5-11)8-10-3-2-6-15-10/h7,10-11,15H,2-6,8-9H2,1H3,(H,19,20). The fourth-order valence-corrected chi connectivity index (χ4v) is 3.00. The molecule has 1 aliphatic heterocycles. The molecule has 1 aliphatic carbocycles. The van der Waals surface area contributed by atoms with Crippen molar-refractivity contribution in [3.8, 4) is 0 Å². The van der Waals surface area contributed by atoms with E-state index in [2.05, 4.69) is 15.3 Å². The van der Waals surface area contributed by atoms with E-state index in [9.17, 15) is 9.90 Å². The molecule has 1 atom stereocenters. The van der Waals surface area contributed by atoms with Crippen molar-refractivity contribution >= 4 is 5.97 Å². The molecule has 6 heteroatoms. The predicted molar refractivity (Wildman–Crippen MR) is 74.6 cm³/mol. The molecule has 1 aromatic heterocycles. The van der Waals surface area contributed by atoms with Crippen molar-refractivity contribution in [2.24, 2.45) is 7.05 Å². The average molecular weight is 278 g/mol. The molecule has 0 bridgehead atoms. The Morgan fingerprint density at radius 2 is 2.35 bits per heavy atom. The minimum Gasteiger partial charge on any atom is -0.478 e. The molecule has 0 aromatic carbocycles. The average Bonchev–Trinajstić information content (AvgIpc) is 3.02. The predicted octanol–water partition coefficient (Wildman–Crippen LogP) is 0.835. The molecule has 0 radical (unpaired) electrons. The zero-order valence-corrected chi connectivity index (χ0v) is 11.9. The molecule has 6 nitrogen and oxygen atoms in total. The number of carboxylic acids is 1. The first-order chi connectivity index (χ1) is 9.65. The van der Waals surface area contributed by atoms with Crippen LogP contribution in [0.1, 0.15) is 41.7 Å². The van der Waals surface area contributed by atoms with Crippen molar-refractivity contribution in [2.75, 3.05) is 13.1 Å². The van der Waals surface area contributed by atoms with Crippen LogP contribution in [-0.2, 0) is 13.6 Å². The van der Waals surface area contributed by atoms with Gasteiger partial charge in [0.1, 0.15) is 5.56 Å². The summed E-state index contributed by atoms with van der Waals surface area (Å²) in [5.41, 5.74) is 1.14. The molecule has 2 heterocycles.